The number of allylic oxidation sites excluding steroid dienone is 2. The van der Waals surface area contributed by atoms with Crippen molar-refractivity contribution in [2.24, 2.45) is 4.99 Å². The predicted octanol–water partition coefficient (Wildman–Crippen LogP) is 0.934. The van der Waals surface area contributed by atoms with Gasteiger partial charge in [0.05, 0.1) is 0 Å². The van der Waals surface area contributed by atoms with Gasteiger partial charge in [-0.05, 0) is 12.8 Å². The average molecular weight is 110 g/mol. The third-order valence-corrected chi connectivity index (χ3v) is 0.702. The van der Waals surface area contributed by atoms with Crippen molar-refractivity contribution in [3.8, 4) is 0 Å². The molecule has 0 saturated carbocycles. The van der Waals surface area contributed by atoms with Crippen LogP contribution in [0.1, 0.15) is 0 Å². The average Bonchev–Trinajstić information content (AvgIpc) is 1.83. The summed E-state index contributed by atoms with van der Waals surface area (Å²) in [4.78, 5) is 3.62. The quantitative estimate of drug-likeness (QED) is 0.424. The minimum atomic E-state index is 0.736. The summed E-state index contributed by atoms with van der Waals surface area (Å²) < 4.78 is 0. The van der Waals surface area contributed by atoms with Gasteiger partial charge in [-0.25, -0.2) is 4.99 Å². The summed E-state index contributed by atoms with van der Waals surface area (Å²) in [5, 5.41) is 2.81. The highest BCUT2D eigenvalue weighted by atomic mass is 15.0. The minimum Gasteiger partial charge on any atom is -0.373 e. The molecule has 0 aliphatic heterocycles. The Balaban J connectivity index is 3.84. The molecule has 0 spiro atoms. The first-order valence-corrected chi connectivity index (χ1v) is 2.32. The zero-order valence-corrected chi connectivity index (χ0v) is 5.02. The van der Waals surface area contributed by atoms with E-state index in [9.17, 15) is 0 Å². The zero-order chi connectivity index (χ0) is 6.41. The normalized spacial score (nSPS) is 10.4. The molecule has 0 rings (SSSR count). The summed E-state index contributed by atoms with van der Waals surface area (Å²) >= 11 is 0. The molecule has 0 heterocycles. The van der Waals surface area contributed by atoms with Gasteiger partial charge in [-0.2, -0.15) is 0 Å². The molecule has 0 fully saturated rings. The van der Waals surface area contributed by atoms with Crippen LogP contribution in [0, 0.1) is 0 Å². The molecular formula is C6H10N2. The van der Waals surface area contributed by atoms with Crippen LogP contribution < -0.4 is 5.32 Å². The van der Waals surface area contributed by atoms with Gasteiger partial charge in [-0.3, -0.25) is 0 Å². The summed E-state index contributed by atoms with van der Waals surface area (Å²) in [7, 11) is 1.78. The van der Waals surface area contributed by atoms with Gasteiger partial charge in [0.25, 0.3) is 0 Å². The summed E-state index contributed by atoms with van der Waals surface area (Å²) in [5.41, 5.74) is 0. The molecule has 0 aromatic rings. The van der Waals surface area contributed by atoms with Gasteiger partial charge in [0.1, 0.15) is 5.82 Å². The van der Waals surface area contributed by atoms with E-state index >= 15 is 0 Å². The minimum absolute atomic E-state index is 0.736. The number of hydrogen-bond donors (Lipinski definition) is 1. The van der Waals surface area contributed by atoms with Gasteiger partial charge in [0.15, 0.2) is 0 Å². The Hall–Kier alpha value is -1.05. The van der Waals surface area contributed by atoms with Gasteiger partial charge >= 0.3 is 0 Å². The Morgan fingerprint density at radius 3 is 2.50 bits per heavy atom. The number of rotatable bonds is 3. The van der Waals surface area contributed by atoms with Crippen LogP contribution in [0.15, 0.2) is 29.5 Å². The third kappa shape index (κ3) is 2.18. The first-order chi connectivity index (χ1) is 3.85. The molecular weight excluding hydrogens is 100 g/mol. The first-order valence-electron chi connectivity index (χ1n) is 2.32. The van der Waals surface area contributed by atoms with Crippen LogP contribution in [0.4, 0.5) is 0 Å². The van der Waals surface area contributed by atoms with Crippen molar-refractivity contribution in [1.29, 1.82) is 0 Å². The lowest BCUT2D eigenvalue weighted by atomic mass is 10.5. The number of nitrogens with zero attached hydrogens (tertiary/aromatic N) is 1. The molecule has 0 amide bonds. The van der Waals surface area contributed by atoms with Crippen molar-refractivity contribution in [3.63, 3.8) is 0 Å². The van der Waals surface area contributed by atoms with E-state index in [1.807, 2.05) is 0 Å². The van der Waals surface area contributed by atoms with Crippen molar-refractivity contribution < 1.29 is 0 Å². The number of hydrogen-bond acceptors (Lipinski definition) is 2. The van der Waals surface area contributed by atoms with Crippen LogP contribution in [0.2, 0.25) is 0 Å². The molecule has 0 saturated heterocycles. The molecule has 0 aliphatic carbocycles. The fourth-order valence-electron chi connectivity index (χ4n) is 0.327. The molecule has 0 radical (unpaired) electrons. The van der Waals surface area contributed by atoms with Crippen LogP contribution >= 0.6 is 0 Å². The highest BCUT2D eigenvalue weighted by Gasteiger charge is 1.77. The Morgan fingerprint density at radius 2 is 2.38 bits per heavy atom. The smallest absolute Gasteiger partial charge is 0.124 e. The molecule has 0 bridgehead atoms. The first kappa shape index (κ1) is 6.95. The van der Waals surface area contributed by atoms with Crippen LogP contribution in [0.25, 0.3) is 0 Å². The van der Waals surface area contributed by atoms with Crippen molar-refractivity contribution in [2.45, 2.75) is 0 Å². The molecule has 0 atom stereocenters. The maximum Gasteiger partial charge on any atom is 0.124 e. The van der Waals surface area contributed by atoms with E-state index in [1.54, 1.807) is 19.2 Å². The van der Waals surface area contributed by atoms with E-state index < -0.39 is 0 Å². The van der Waals surface area contributed by atoms with Crippen molar-refractivity contribution in [1.82, 2.24) is 5.32 Å². The number of aliphatic imine (C=N–C) groups is 1. The van der Waals surface area contributed by atoms with Crippen molar-refractivity contribution in [3.05, 3.63) is 24.6 Å². The van der Waals surface area contributed by atoms with E-state index in [2.05, 4.69) is 23.6 Å². The second-order valence-corrected chi connectivity index (χ2v) is 1.20. The highest BCUT2D eigenvalue weighted by Crippen LogP contribution is 1.85. The fourth-order valence-corrected chi connectivity index (χ4v) is 0.327. The Labute approximate surface area is 49.6 Å². The molecule has 0 aliphatic rings. The molecule has 1 N–H and O–H groups in total. The summed E-state index contributed by atoms with van der Waals surface area (Å²) in [5.74, 6) is 0.736. The Morgan fingerprint density at radius 1 is 1.75 bits per heavy atom. The molecule has 0 aromatic heterocycles. The van der Waals surface area contributed by atoms with E-state index in [0.29, 0.717) is 0 Å². The topological polar surface area (TPSA) is 24.4 Å². The van der Waals surface area contributed by atoms with E-state index in [-0.39, 0.29) is 0 Å². The summed E-state index contributed by atoms with van der Waals surface area (Å²) in [6, 6.07) is 0. The van der Waals surface area contributed by atoms with Crippen LogP contribution in [-0.2, 0) is 0 Å². The van der Waals surface area contributed by atoms with E-state index in [4.69, 9.17) is 0 Å². The second-order valence-electron chi connectivity index (χ2n) is 1.20. The van der Waals surface area contributed by atoms with Crippen molar-refractivity contribution >= 4 is 6.72 Å². The van der Waals surface area contributed by atoms with E-state index in [0.717, 1.165) is 5.82 Å². The standard InChI is InChI=1S/C6H10N2/c1-4-5-6(7-2)8-3/h4-5,8H,1-2H2,3H3/b6-5+. The SMILES string of the molecule is C=C/C=C(\N=C)NC. The maximum atomic E-state index is 3.62. The van der Waals surface area contributed by atoms with E-state index in [1.165, 1.54) is 0 Å². The van der Waals surface area contributed by atoms with Crippen LogP contribution in [0.5, 0.6) is 0 Å². The lowest BCUT2D eigenvalue weighted by Crippen LogP contribution is -2.01. The lowest BCUT2D eigenvalue weighted by molar-refractivity contribution is 0.971. The molecule has 44 valence electrons. The monoisotopic (exact) mass is 110 g/mol. The largest absolute Gasteiger partial charge is 0.373 e. The molecule has 0 unspecified atom stereocenters. The van der Waals surface area contributed by atoms with Gasteiger partial charge in [0, 0.05) is 7.05 Å². The van der Waals surface area contributed by atoms with Gasteiger partial charge in [-0.1, -0.05) is 12.7 Å². The Bertz CT molecular complexity index is 114. The summed E-state index contributed by atoms with van der Waals surface area (Å²) in [6.45, 7) is 6.81. The molecule has 2 heteroatoms. The highest BCUT2D eigenvalue weighted by molar-refractivity contribution is 5.29. The Kier molecular flexibility index (Phi) is 3.58. The molecule has 0 aromatic carbocycles. The maximum absolute atomic E-state index is 3.62. The fraction of sp³-hybridized carbons (Fsp3) is 0.167. The van der Waals surface area contributed by atoms with Crippen molar-refractivity contribution in [2.75, 3.05) is 7.05 Å². The summed E-state index contributed by atoms with van der Waals surface area (Å²) in [6.07, 6.45) is 3.40. The van der Waals surface area contributed by atoms with Gasteiger partial charge < -0.3 is 5.32 Å². The predicted molar refractivity (Wildman–Crippen MR) is 36.9 cm³/mol. The van der Waals surface area contributed by atoms with Crippen LogP contribution in [0.3, 0.4) is 0 Å². The zero-order valence-electron chi connectivity index (χ0n) is 5.02. The molecule has 2 nitrogen and oxygen atoms in total. The van der Waals surface area contributed by atoms with Gasteiger partial charge in [0.2, 0.25) is 0 Å². The van der Waals surface area contributed by atoms with Gasteiger partial charge in [-0.15, -0.1) is 0 Å². The third-order valence-electron chi connectivity index (χ3n) is 0.702. The second kappa shape index (κ2) is 4.12. The molecule has 8 heavy (non-hydrogen) atoms. The number of nitrogens with one attached hydrogen (secondary N) is 1. The van der Waals surface area contributed by atoms with Crippen LogP contribution in [-0.4, -0.2) is 13.8 Å². The lowest BCUT2D eigenvalue weighted by Gasteiger charge is -1.93.